The molecule has 0 radical (unpaired) electrons. The number of hydrogen-bond donors (Lipinski definition) is 3. The molecule has 3 rings (SSSR count). The fourth-order valence-electron chi connectivity index (χ4n) is 2.95. The number of aromatic nitrogens is 1. The molecule has 158 valence electrons. The summed E-state index contributed by atoms with van der Waals surface area (Å²) in [5, 5.41) is 32.7. The minimum absolute atomic E-state index is 0.00927. The summed E-state index contributed by atoms with van der Waals surface area (Å²) in [5.41, 5.74) is 0.683. The molecule has 2 atom stereocenters. The molecule has 30 heavy (non-hydrogen) atoms. The van der Waals surface area contributed by atoms with Crippen LogP contribution in [-0.2, 0) is 22.7 Å². The van der Waals surface area contributed by atoms with Crippen LogP contribution in [0.4, 0.5) is 4.39 Å². The summed E-state index contributed by atoms with van der Waals surface area (Å²) in [5.74, 6) is -0.918. The molecule has 0 saturated heterocycles. The van der Waals surface area contributed by atoms with E-state index in [-0.39, 0.29) is 23.9 Å². The summed E-state index contributed by atoms with van der Waals surface area (Å²) >= 11 is 0. The smallest absolute Gasteiger partial charge is 0.192 e. The minimum Gasteiger partial charge on any atom is -0.388 e. The fraction of sp³-hybridized carbons (Fsp3) is 0.273. The second-order valence-electron chi connectivity index (χ2n) is 6.96. The monoisotopic (exact) mass is 415 g/mol. The maximum Gasteiger partial charge on any atom is 0.192 e. The topological polar surface area (TPSA) is 113 Å². The Labute approximate surface area is 172 Å². The van der Waals surface area contributed by atoms with Crippen LogP contribution in [0.5, 0.6) is 0 Å². The van der Waals surface area contributed by atoms with Crippen LogP contribution in [0.25, 0.3) is 11.1 Å². The van der Waals surface area contributed by atoms with Gasteiger partial charge in [0.15, 0.2) is 17.1 Å². The van der Waals surface area contributed by atoms with Crippen LogP contribution in [0.1, 0.15) is 30.0 Å². The highest BCUT2D eigenvalue weighted by Crippen LogP contribution is 2.31. The fourth-order valence-corrected chi connectivity index (χ4v) is 2.95. The van der Waals surface area contributed by atoms with Gasteiger partial charge in [-0.3, -0.25) is 4.79 Å². The van der Waals surface area contributed by atoms with Gasteiger partial charge in [-0.2, -0.15) is 0 Å². The molecule has 8 heteroatoms. The van der Waals surface area contributed by atoms with E-state index in [0.717, 1.165) is 16.7 Å². The molecule has 0 aliphatic carbocycles. The van der Waals surface area contributed by atoms with Crippen molar-refractivity contribution in [2.24, 2.45) is 0 Å². The molecular weight excluding hydrogens is 393 g/mol. The maximum absolute atomic E-state index is 13.1. The van der Waals surface area contributed by atoms with Crippen molar-refractivity contribution >= 4 is 5.78 Å². The molecule has 0 spiro atoms. The predicted molar refractivity (Wildman–Crippen MR) is 105 cm³/mol. The van der Waals surface area contributed by atoms with Crippen molar-refractivity contribution in [1.82, 2.24) is 5.16 Å². The Kier molecular flexibility index (Phi) is 6.73. The van der Waals surface area contributed by atoms with E-state index in [1.165, 1.54) is 25.1 Å². The summed E-state index contributed by atoms with van der Waals surface area (Å²) < 4.78 is 23.7. The number of nitrogens with zero attached hydrogens (tertiary/aromatic N) is 1. The van der Waals surface area contributed by atoms with Crippen molar-refractivity contribution in [3.8, 4) is 11.1 Å². The maximum atomic E-state index is 13.1. The van der Waals surface area contributed by atoms with Crippen molar-refractivity contribution in [2.75, 3.05) is 6.61 Å². The normalized spacial score (nSPS) is 14.3. The number of hydrogen-bond acceptors (Lipinski definition) is 7. The van der Waals surface area contributed by atoms with Gasteiger partial charge in [0, 0.05) is 6.07 Å². The zero-order valence-corrected chi connectivity index (χ0v) is 16.3. The zero-order valence-electron chi connectivity index (χ0n) is 16.3. The van der Waals surface area contributed by atoms with Gasteiger partial charge in [0.1, 0.15) is 30.8 Å². The standard InChI is InChI=1S/C22H22FNO6/c1-22(20(27)12-26,21(28)19-10-18(11-25)30-24-19)29-13-14-2-4-15(5-3-14)16-6-8-17(23)9-7-16/h2-10,21,25-26,28H,11-13H2,1H3/t21-,22+/m0/s1. The number of aliphatic hydroxyl groups is 3. The molecule has 7 nitrogen and oxygen atoms in total. The summed E-state index contributed by atoms with van der Waals surface area (Å²) in [6.45, 7) is 0.0948. The number of aliphatic hydroxyl groups excluding tert-OH is 3. The van der Waals surface area contributed by atoms with E-state index in [9.17, 15) is 19.4 Å². The predicted octanol–water partition coefficient (Wildman–Crippen LogP) is 2.54. The number of carbonyl (C=O) groups is 1. The highest BCUT2D eigenvalue weighted by Gasteiger charge is 2.43. The Morgan fingerprint density at radius 3 is 2.27 bits per heavy atom. The van der Waals surface area contributed by atoms with Crippen LogP contribution in [0.3, 0.4) is 0 Å². The number of halogens is 1. The average molecular weight is 415 g/mol. The van der Waals surface area contributed by atoms with E-state index in [0.29, 0.717) is 0 Å². The number of carbonyl (C=O) groups excluding carboxylic acids is 1. The van der Waals surface area contributed by atoms with Crippen molar-refractivity contribution in [1.29, 1.82) is 0 Å². The van der Waals surface area contributed by atoms with Gasteiger partial charge in [-0.15, -0.1) is 0 Å². The van der Waals surface area contributed by atoms with Gasteiger partial charge in [-0.25, -0.2) is 4.39 Å². The summed E-state index contributed by atoms with van der Waals surface area (Å²) in [6.07, 6.45) is -1.51. The zero-order chi connectivity index (χ0) is 21.7. The SMILES string of the molecule is C[C@@](OCc1ccc(-c2ccc(F)cc2)cc1)(C(=O)CO)[C@@H](O)c1cc(CO)on1. The minimum atomic E-state index is -1.78. The Hall–Kier alpha value is -2.91. The van der Waals surface area contributed by atoms with Gasteiger partial charge in [0.05, 0.1) is 6.61 Å². The summed E-state index contributed by atoms with van der Waals surface area (Å²) in [6, 6.07) is 14.7. The quantitative estimate of drug-likeness (QED) is 0.492. The van der Waals surface area contributed by atoms with Gasteiger partial charge >= 0.3 is 0 Å². The highest BCUT2D eigenvalue weighted by molar-refractivity contribution is 5.88. The first kappa shape index (κ1) is 21.8. The van der Waals surface area contributed by atoms with Crippen LogP contribution < -0.4 is 0 Å². The molecule has 3 aromatic rings. The van der Waals surface area contributed by atoms with Gasteiger partial charge in [0.2, 0.25) is 0 Å². The first-order chi connectivity index (χ1) is 14.4. The van der Waals surface area contributed by atoms with E-state index in [1.54, 1.807) is 24.3 Å². The number of ether oxygens (including phenoxy) is 1. The Bertz CT molecular complexity index is 986. The number of rotatable bonds is 9. The summed E-state index contributed by atoms with van der Waals surface area (Å²) in [7, 11) is 0. The Morgan fingerprint density at radius 1 is 1.13 bits per heavy atom. The lowest BCUT2D eigenvalue weighted by Gasteiger charge is -2.31. The molecule has 0 bridgehead atoms. The van der Waals surface area contributed by atoms with Crippen molar-refractivity contribution < 1.29 is 33.8 Å². The third kappa shape index (κ3) is 4.63. The van der Waals surface area contributed by atoms with Crippen LogP contribution >= 0.6 is 0 Å². The molecule has 0 amide bonds. The first-order valence-corrected chi connectivity index (χ1v) is 9.24. The second kappa shape index (κ2) is 9.27. The van der Waals surface area contributed by atoms with E-state index in [1.807, 2.05) is 12.1 Å². The van der Waals surface area contributed by atoms with E-state index >= 15 is 0 Å². The van der Waals surface area contributed by atoms with Crippen LogP contribution in [0.2, 0.25) is 0 Å². The lowest BCUT2D eigenvalue weighted by atomic mass is 9.91. The molecule has 0 fully saturated rings. The van der Waals surface area contributed by atoms with Gasteiger partial charge in [0.25, 0.3) is 0 Å². The third-order valence-electron chi connectivity index (χ3n) is 4.90. The van der Waals surface area contributed by atoms with Crippen molar-refractivity contribution in [2.45, 2.75) is 31.8 Å². The van der Waals surface area contributed by atoms with Crippen molar-refractivity contribution in [3.63, 3.8) is 0 Å². The van der Waals surface area contributed by atoms with Crippen LogP contribution in [0, 0.1) is 5.82 Å². The number of Topliss-reactive ketones (excluding diaryl/α,β-unsaturated/α-hetero) is 1. The molecular formula is C22H22FNO6. The molecule has 2 aromatic carbocycles. The molecule has 0 aliphatic rings. The van der Waals surface area contributed by atoms with Gasteiger partial charge in [-0.05, 0) is 35.7 Å². The lowest BCUT2D eigenvalue weighted by Crippen LogP contribution is -2.46. The van der Waals surface area contributed by atoms with E-state index < -0.39 is 30.7 Å². The largest absolute Gasteiger partial charge is 0.388 e. The van der Waals surface area contributed by atoms with Crippen LogP contribution in [-0.4, -0.2) is 38.5 Å². The Morgan fingerprint density at radius 2 is 1.73 bits per heavy atom. The summed E-state index contributed by atoms with van der Waals surface area (Å²) in [4.78, 5) is 12.3. The van der Waals surface area contributed by atoms with Crippen LogP contribution in [0.15, 0.2) is 59.1 Å². The Balaban J connectivity index is 1.75. The van der Waals surface area contributed by atoms with E-state index in [2.05, 4.69) is 5.16 Å². The number of ketones is 1. The third-order valence-corrected chi connectivity index (χ3v) is 4.90. The van der Waals surface area contributed by atoms with E-state index in [4.69, 9.17) is 14.4 Å². The highest BCUT2D eigenvalue weighted by atomic mass is 19.1. The second-order valence-corrected chi connectivity index (χ2v) is 6.96. The molecule has 0 saturated carbocycles. The molecule has 1 heterocycles. The molecule has 0 unspecified atom stereocenters. The lowest BCUT2D eigenvalue weighted by molar-refractivity contribution is -0.166. The van der Waals surface area contributed by atoms with Gasteiger partial charge in [-0.1, -0.05) is 41.6 Å². The van der Waals surface area contributed by atoms with Crippen molar-refractivity contribution in [3.05, 3.63) is 77.4 Å². The molecule has 3 N–H and O–H groups in total. The molecule has 0 aliphatic heterocycles. The van der Waals surface area contributed by atoms with Gasteiger partial charge < -0.3 is 24.6 Å². The first-order valence-electron chi connectivity index (χ1n) is 9.24. The number of benzene rings is 2. The molecule has 1 aromatic heterocycles. The average Bonchev–Trinajstić information content (AvgIpc) is 3.26.